The summed E-state index contributed by atoms with van der Waals surface area (Å²) in [5, 5.41) is 4.47. The van der Waals surface area contributed by atoms with Gasteiger partial charge >= 0.3 is 6.03 Å². The highest BCUT2D eigenvalue weighted by Crippen LogP contribution is 2.23. The molecule has 2 aliphatic rings. The molecule has 1 atom stereocenters. The first-order chi connectivity index (χ1) is 15.7. The number of carbonyl (C=O) groups is 2. The molecule has 0 spiro atoms. The summed E-state index contributed by atoms with van der Waals surface area (Å²) in [6.07, 6.45) is 2.40. The topological polar surface area (TPSA) is 127 Å². The number of sulfonamides is 1. The number of amides is 3. The van der Waals surface area contributed by atoms with Gasteiger partial charge in [0.15, 0.2) is 0 Å². The fraction of sp³-hybridized carbons (Fsp3) is 0.409. The van der Waals surface area contributed by atoms with Gasteiger partial charge in [0.1, 0.15) is 24.0 Å². The van der Waals surface area contributed by atoms with Gasteiger partial charge in [0, 0.05) is 19.2 Å². The van der Waals surface area contributed by atoms with Crippen molar-refractivity contribution in [3.05, 3.63) is 54.2 Å². The molecule has 0 aliphatic carbocycles. The zero-order valence-corrected chi connectivity index (χ0v) is 19.0. The number of hydrogen-bond donors (Lipinski definition) is 2. The largest absolute Gasteiger partial charge is 0.487 e. The molecule has 10 nitrogen and oxygen atoms in total. The van der Waals surface area contributed by atoms with E-state index in [9.17, 15) is 18.0 Å². The number of carbonyl (C=O) groups excluding carboxylic acids is 2. The van der Waals surface area contributed by atoms with Crippen molar-refractivity contribution in [2.45, 2.75) is 38.0 Å². The van der Waals surface area contributed by atoms with E-state index in [1.54, 1.807) is 18.3 Å². The van der Waals surface area contributed by atoms with Crippen molar-refractivity contribution in [3.8, 4) is 11.6 Å². The number of nitrogens with one attached hydrogen (secondary N) is 2. The maximum absolute atomic E-state index is 12.8. The van der Waals surface area contributed by atoms with Crippen LogP contribution < -0.4 is 20.1 Å². The van der Waals surface area contributed by atoms with Crippen LogP contribution in [0.4, 0.5) is 4.79 Å². The Labute approximate surface area is 192 Å². The summed E-state index contributed by atoms with van der Waals surface area (Å²) < 4.78 is 38.6. The van der Waals surface area contributed by atoms with E-state index in [-0.39, 0.29) is 19.2 Å². The monoisotopic (exact) mass is 474 g/mol. The van der Waals surface area contributed by atoms with Gasteiger partial charge in [-0.2, -0.15) is 0 Å². The SMILES string of the molecule is C[C@]1(CS(=O)(=O)N2CCC(Oc3ccc(OCc4ccccc4)cn3)CC2)NC(=O)NC1=O. The van der Waals surface area contributed by atoms with Gasteiger partial charge in [-0.25, -0.2) is 22.5 Å². The van der Waals surface area contributed by atoms with E-state index in [1.807, 2.05) is 30.3 Å². The third kappa shape index (κ3) is 5.60. The van der Waals surface area contributed by atoms with E-state index in [0.717, 1.165) is 5.56 Å². The predicted molar refractivity (Wildman–Crippen MR) is 119 cm³/mol. The molecule has 2 aliphatic heterocycles. The number of urea groups is 1. The standard InChI is InChI=1S/C22H26N4O6S/c1-22(20(27)24-21(28)25-22)15-33(29,30)26-11-9-17(10-12-26)32-19-8-7-18(13-23-19)31-14-16-5-3-2-4-6-16/h2-8,13,17H,9-12,14-15H2,1H3,(H2,24,25,27,28)/t22-/m1/s1. The van der Waals surface area contributed by atoms with Crippen LogP contribution >= 0.6 is 0 Å². The first kappa shape index (κ1) is 23.0. The van der Waals surface area contributed by atoms with Crippen LogP contribution in [0.3, 0.4) is 0 Å². The van der Waals surface area contributed by atoms with E-state index in [1.165, 1.54) is 11.2 Å². The minimum absolute atomic E-state index is 0.176. The summed E-state index contributed by atoms with van der Waals surface area (Å²) in [4.78, 5) is 27.6. The third-order valence-electron chi connectivity index (χ3n) is 5.63. The molecule has 0 saturated carbocycles. The highest BCUT2D eigenvalue weighted by Gasteiger charge is 2.47. The smallest absolute Gasteiger partial charge is 0.322 e. The molecule has 1 aromatic heterocycles. The summed E-state index contributed by atoms with van der Waals surface area (Å²) in [6.45, 7) is 2.37. The van der Waals surface area contributed by atoms with Crippen molar-refractivity contribution >= 4 is 22.0 Å². The van der Waals surface area contributed by atoms with Crippen molar-refractivity contribution in [3.63, 3.8) is 0 Å². The normalized spacial score (nSPS) is 22.0. The van der Waals surface area contributed by atoms with Gasteiger partial charge in [-0.15, -0.1) is 0 Å². The van der Waals surface area contributed by atoms with Gasteiger partial charge in [0.2, 0.25) is 15.9 Å². The van der Waals surface area contributed by atoms with E-state index in [4.69, 9.17) is 9.47 Å². The van der Waals surface area contributed by atoms with Gasteiger partial charge in [0.05, 0.1) is 11.9 Å². The lowest BCUT2D eigenvalue weighted by atomic mass is 10.1. The Morgan fingerprint density at radius 3 is 2.45 bits per heavy atom. The number of benzene rings is 1. The van der Waals surface area contributed by atoms with E-state index in [2.05, 4.69) is 15.6 Å². The fourth-order valence-corrected chi connectivity index (χ4v) is 5.68. The Bertz CT molecular complexity index is 1100. The van der Waals surface area contributed by atoms with E-state index in [0.29, 0.717) is 31.1 Å². The lowest BCUT2D eigenvalue weighted by molar-refractivity contribution is -0.122. The van der Waals surface area contributed by atoms with Crippen LogP contribution in [0.2, 0.25) is 0 Å². The molecule has 2 fully saturated rings. The van der Waals surface area contributed by atoms with Crippen molar-refractivity contribution in [2.75, 3.05) is 18.8 Å². The number of rotatable bonds is 8. The summed E-state index contributed by atoms with van der Waals surface area (Å²) >= 11 is 0. The second kappa shape index (κ2) is 9.36. The van der Waals surface area contributed by atoms with Crippen molar-refractivity contribution < 1.29 is 27.5 Å². The fourth-order valence-electron chi connectivity index (χ4n) is 3.80. The lowest BCUT2D eigenvalue weighted by Gasteiger charge is -2.33. The first-order valence-corrected chi connectivity index (χ1v) is 12.3. The zero-order chi connectivity index (χ0) is 23.5. The number of pyridine rings is 1. The maximum atomic E-state index is 12.8. The van der Waals surface area contributed by atoms with Crippen LogP contribution in [0.25, 0.3) is 0 Å². The highest BCUT2D eigenvalue weighted by molar-refractivity contribution is 7.89. The average molecular weight is 475 g/mol. The number of imide groups is 1. The van der Waals surface area contributed by atoms with E-state index >= 15 is 0 Å². The van der Waals surface area contributed by atoms with Crippen molar-refractivity contribution in [1.29, 1.82) is 0 Å². The summed E-state index contributed by atoms with van der Waals surface area (Å²) in [7, 11) is -3.74. The highest BCUT2D eigenvalue weighted by atomic mass is 32.2. The van der Waals surface area contributed by atoms with Crippen molar-refractivity contribution in [1.82, 2.24) is 19.9 Å². The van der Waals surface area contributed by atoms with Gasteiger partial charge in [-0.1, -0.05) is 30.3 Å². The average Bonchev–Trinajstić information content (AvgIpc) is 3.04. The van der Waals surface area contributed by atoms with Crippen LogP contribution in [0.15, 0.2) is 48.7 Å². The quantitative estimate of drug-likeness (QED) is 0.554. The Hall–Kier alpha value is -3.18. The molecule has 2 saturated heterocycles. The molecule has 0 bridgehead atoms. The number of nitrogens with zero attached hydrogens (tertiary/aromatic N) is 2. The number of piperidine rings is 1. The third-order valence-corrected chi connectivity index (χ3v) is 7.72. The number of aromatic nitrogens is 1. The molecule has 3 amide bonds. The molecular weight excluding hydrogens is 448 g/mol. The summed E-state index contributed by atoms with van der Waals surface area (Å²) in [6, 6.07) is 12.6. The molecule has 0 unspecified atom stereocenters. The van der Waals surface area contributed by atoms with Crippen LogP contribution in [0.5, 0.6) is 11.6 Å². The maximum Gasteiger partial charge on any atom is 0.322 e. The summed E-state index contributed by atoms with van der Waals surface area (Å²) in [5.74, 6) is -0.0591. The van der Waals surface area contributed by atoms with Gasteiger partial charge < -0.3 is 14.8 Å². The Balaban J connectivity index is 1.26. The van der Waals surface area contributed by atoms with Crippen LogP contribution in [0, 0.1) is 0 Å². The predicted octanol–water partition coefficient (Wildman–Crippen LogP) is 1.43. The van der Waals surface area contributed by atoms with Gasteiger partial charge in [0.25, 0.3) is 5.91 Å². The minimum atomic E-state index is -3.74. The molecule has 33 heavy (non-hydrogen) atoms. The minimum Gasteiger partial charge on any atom is -0.487 e. The molecule has 2 aromatic rings. The molecule has 0 radical (unpaired) electrons. The molecular formula is C22H26N4O6S. The second-order valence-electron chi connectivity index (χ2n) is 8.32. The number of hydrogen-bond acceptors (Lipinski definition) is 7. The Morgan fingerprint density at radius 2 is 1.85 bits per heavy atom. The molecule has 4 rings (SSSR count). The van der Waals surface area contributed by atoms with Crippen LogP contribution in [0.1, 0.15) is 25.3 Å². The second-order valence-corrected chi connectivity index (χ2v) is 10.3. The Morgan fingerprint density at radius 1 is 1.12 bits per heavy atom. The van der Waals surface area contributed by atoms with Crippen LogP contribution in [-0.2, 0) is 21.4 Å². The molecule has 2 N–H and O–H groups in total. The zero-order valence-electron chi connectivity index (χ0n) is 18.2. The number of ether oxygens (including phenoxy) is 2. The first-order valence-electron chi connectivity index (χ1n) is 10.6. The Kier molecular flexibility index (Phi) is 6.52. The van der Waals surface area contributed by atoms with Crippen LogP contribution in [-0.4, -0.2) is 60.1 Å². The van der Waals surface area contributed by atoms with E-state index < -0.39 is 33.3 Å². The molecule has 3 heterocycles. The van der Waals surface area contributed by atoms with Crippen molar-refractivity contribution in [2.24, 2.45) is 0 Å². The molecule has 176 valence electrons. The molecule has 11 heteroatoms. The van der Waals surface area contributed by atoms with Gasteiger partial charge in [-0.05, 0) is 31.4 Å². The lowest BCUT2D eigenvalue weighted by Crippen LogP contribution is -2.53. The van der Waals surface area contributed by atoms with Gasteiger partial charge in [-0.3, -0.25) is 10.1 Å². The molecule has 1 aromatic carbocycles. The summed E-state index contributed by atoms with van der Waals surface area (Å²) in [5.41, 5.74) is -0.415.